The number of carbonyl (C=O) groups excluding carboxylic acids is 2. The first-order chi connectivity index (χ1) is 9.70. The molecule has 0 atom stereocenters. The van der Waals surface area contributed by atoms with Crippen molar-refractivity contribution in [1.82, 2.24) is 4.90 Å². The van der Waals surface area contributed by atoms with E-state index in [2.05, 4.69) is 0 Å². The molecule has 2 rings (SSSR count). The van der Waals surface area contributed by atoms with E-state index in [4.69, 9.17) is 4.74 Å². The molecule has 0 unspecified atom stereocenters. The van der Waals surface area contributed by atoms with Crippen molar-refractivity contribution >= 4 is 11.7 Å². The molecule has 1 heterocycles. The molecule has 20 heavy (non-hydrogen) atoms. The van der Waals surface area contributed by atoms with E-state index < -0.39 is 0 Å². The number of hydrogen-bond acceptors (Lipinski definition) is 3. The molecule has 0 aromatic heterocycles. The van der Waals surface area contributed by atoms with Crippen LogP contribution in [0, 0.1) is 0 Å². The standard InChI is InChI=1S/C16H21NO3/c1-20-14-8-6-7-13(11-14)15(18)12-17-10-5-3-2-4-9-16(17)19/h6-8,11H,2-5,9-10,12H2,1H3. The lowest BCUT2D eigenvalue weighted by molar-refractivity contribution is -0.131. The Hall–Kier alpha value is -1.84. The molecular formula is C16H21NO3. The SMILES string of the molecule is COc1cccc(C(=O)CN2CCCCCCC2=O)c1. The fourth-order valence-electron chi connectivity index (χ4n) is 2.44. The van der Waals surface area contributed by atoms with Crippen molar-refractivity contribution in [3.63, 3.8) is 0 Å². The van der Waals surface area contributed by atoms with E-state index in [-0.39, 0.29) is 18.2 Å². The van der Waals surface area contributed by atoms with Crippen LogP contribution >= 0.6 is 0 Å². The minimum atomic E-state index is -0.0298. The molecule has 0 bridgehead atoms. The van der Waals surface area contributed by atoms with Crippen molar-refractivity contribution in [3.05, 3.63) is 29.8 Å². The lowest BCUT2D eigenvalue weighted by atomic mass is 10.1. The smallest absolute Gasteiger partial charge is 0.222 e. The van der Waals surface area contributed by atoms with Gasteiger partial charge in [-0.25, -0.2) is 0 Å². The quantitative estimate of drug-likeness (QED) is 0.794. The lowest BCUT2D eigenvalue weighted by Gasteiger charge is -2.24. The number of amides is 1. The molecule has 1 saturated heterocycles. The average Bonchev–Trinajstić information content (AvgIpc) is 2.47. The van der Waals surface area contributed by atoms with E-state index in [1.54, 1.807) is 36.3 Å². The van der Waals surface area contributed by atoms with Gasteiger partial charge in [0.2, 0.25) is 5.91 Å². The third-order valence-corrected chi connectivity index (χ3v) is 3.65. The number of Topliss-reactive ketones (excluding diaryl/α,β-unsaturated/α-hetero) is 1. The van der Waals surface area contributed by atoms with Gasteiger partial charge >= 0.3 is 0 Å². The summed E-state index contributed by atoms with van der Waals surface area (Å²) < 4.78 is 5.12. The van der Waals surface area contributed by atoms with E-state index >= 15 is 0 Å². The molecular weight excluding hydrogens is 254 g/mol. The van der Waals surface area contributed by atoms with Gasteiger partial charge in [0.15, 0.2) is 5.78 Å². The van der Waals surface area contributed by atoms with Gasteiger partial charge in [0.05, 0.1) is 13.7 Å². The Balaban J connectivity index is 2.03. The summed E-state index contributed by atoms with van der Waals surface area (Å²) in [7, 11) is 1.57. The maximum Gasteiger partial charge on any atom is 0.222 e. The van der Waals surface area contributed by atoms with Gasteiger partial charge in [0.1, 0.15) is 5.75 Å². The van der Waals surface area contributed by atoms with Crippen molar-refractivity contribution in [2.75, 3.05) is 20.2 Å². The zero-order valence-electron chi connectivity index (χ0n) is 11.9. The number of methoxy groups -OCH3 is 1. The van der Waals surface area contributed by atoms with Gasteiger partial charge in [-0.1, -0.05) is 25.0 Å². The van der Waals surface area contributed by atoms with Crippen molar-refractivity contribution in [3.8, 4) is 5.75 Å². The summed E-state index contributed by atoms with van der Waals surface area (Å²) in [5.74, 6) is 0.730. The molecule has 1 aliphatic heterocycles. The molecule has 1 aromatic rings. The maximum absolute atomic E-state index is 12.3. The molecule has 1 aromatic carbocycles. The van der Waals surface area contributed by atoms with E-state index in [1.807, 2.05) is 0 Å². The zero-order valence-corrected chi connectivity index (χ0v) is 11.9. The number of carbonyl (C=O) groups is 2. The zero-order chi connectivity index (χ0) is 14.4. The van der Waals surface area contributed by atoms with Gasteiger partial charge in [-0.15, -0.1) is 0 Å². The lowest BCUT2D eigenvalue weighted by Crippen LogP contribution is -2.37. The predicted molar refractivity (Wildman–Crippen MR) is 77.0 cm³/mol. The van der Waals surface area contributed by atoms with Crippen LogP contribution < -0.4 is 4.74 Å². The molecule has 0 spiro atoms. The predicted octanol–water partition coefficient (Wildman–Crippen LogP) is 2.67. The fourth-order valence-corrected chi connectivity index (χ4v) is 2.44. The summed E-state index contributed by atoms with van der Waals surface area (Å²) in [5, 5.41) is 0. The van der Waals surface area contributed by atoms with Gasteiger partial charge in [-0.2, -0.15) is 0 Å². The van der Waals surface area contributed by atoms with Gasteiger partial charge in [0, 0.05) is 18.5 Å². The second-order valence-corrected chi connectivity index (χ2v) is 5.13. The van der Waals surface area contributed by atoms with Gasteiger partial charge in [0.25, 0.3) is 0 Å². The van der Waals surface area contributed by atoms with Crippen LogP contribution in [0.2, 0.25) is 0 Å². The van der Waals surface area contributed by atoms with E-state index in [0.29, 0.717) is 24.3 Å². The molecule has 0 saturated carbocycles. The Labute approximate surface area is 119 Å². The molecule has 108 valence electrons. The van der Waals surface area contributed by atoms with Crippen LogP contribution in [0.5, 0.6) is 5.75 Å². The minimum absolute atomic E-state index is 0.0298. The molecule has 1 amide bonds. The third kappa shape index (κ3) is 3.83. The first-order valence-electron chi connectivity index (χ1n) is 7.16. The second-order valence-electron chi connectivity index (χ2n) is 5.13. The molecule has 1 fully saturated rings. The number of ketones is 1. The first-order valence-corrected chi connectivity index (χ1v) is 7.16. The van der Waals surface area contributed by atoms with Crippen molar-refractivity contribution < 1.29 is 14.3 Å². The first kappa shape index (κ1) is 14.6. The van der Waals surface area contributed by atoms with Crippen molar-refractivity contribution in [2.24, 2.45) is 0 Å². The third-order valence-electron chi connectivity index (χ3n) is 3.65. The molecule has 0 N–H and O–H groups in total. The number of ether oxygens (including phenoxy) is 1. The monoisotopic (exact) mass is 275 g/mol. The molecule has 0 aliphatic carbocycles. The van der Waals surface area contributed by atoms with Crippen molar-refractivity contribution in [2.45, 2.75) is 32.1 Å². The molecule has 4 heteroatoms. The number of likely N-dealkylation sites (tertiary alicyclic amines) is 1. The number of benzene rings is 1. The Kier molecular flexibility index (Phi) is 5.16. The highest BCUT2D eigenvalue weighted by molar-refractivity contribution is 5.99. The summed E-state index contributed by atoms with van der Waals surface area (Å²) in [6, 6.07) is 7.08. The van der Waals surface area contributed by atoms with Crippen LogP contribution in [0.15, 0.2) is 24.3 Å². The Morgan fingerprint density at radius 3 is 2.85 bits per heavy atom. The number of hydrogen-bond donors (Lipinski definition) is 0. The highest BCUT2D eigenvalue weighted by Gasteiger charge is 2.19. The van der Waals surface area contributed by atoms with E-state index in [9.17, 15) is 9.59 Å². The van der Waals surface area contributed by atoms with E-state index in [1.165, 1.54) is 0 Å². The maximum atomic E-state index is 12.3. The summed E-state index contributed by atoms with van der Waals surface area (Å²) in [6.07, 6.45) is 4.73. The van der Waals surface area contributed by atoms with Crippen LogP contribution in [0.25, 0.3) is 0 Å². The van der Waals surface area contributed by atoms with Crippen molar-refractivity contribution in [1.29, 1.82) is 0 Å². The highest BCUT2D eigenvalue weighted by atomic mass is 16.5. The van der Waals surface area contributed by atoms with Crippen LogP contribution in [0.3, 0.4) is 0 Å². The Bertz CT molecular complexity index is 484. The van der Waals surface area contributed by atoms with Crippen LogP contribution in [0.4, 0.5) is 0 Å². The number of nitrogens with zero attached hydrogens (tertiary/aromatic N) is 1. The fraction of sp³-hybridized carbons (Fsp3) is 0.500. The van der Waals surface area contributed by atoms with Gasteiger partial charge in [-0.3, -0.25) is 9.59 Å². The second kappa shape index (κ2) is 7.08. The van der Waals surface area contributed by atoms with Gasteiger partial charge < -0.3 is 9.64 Å². The number of rotatable bonds is 4. The average molecular weight is 275 g/mol. The highest BCUT2D eigenvalue weighted by Crippen LogP contribution is 2.15. The summed E-state index contributed by atoms with van der Waals surface area (Å²) in [4.78, 5) is 26.0. The van der Waals surface area contributed by atoms with Crippen LogP contribution in [-0.4, -0.2) is 36.8 Å². The normalized spacial score (nSPS) is 16.4. The van der Waals surface area contributed by atoms with E-state index in [0.717, 1.165) is 25.7 Å². The topological polar surface area (TPSA) is 46.6 Å². The van der Waals surface area contributed by atoms with Crippen LogP contribution in [-0.2, 0) is 4.79 Å². The molecule has 0 radical (unpaired) electrons. The van der Waals surface area contributed by atoms with Crippen LogP contribution in [0.1, 0.15) is 42.5 Å². The van der Waals surface area contributed by atoms with Gasteiger partial charge in [-0.05, 0) is 25.0 Å². The largest absolute Gasteiger partial charge is 0.497 e. The molecule has 1 aliphatic rings. The summed E-state index contributed by atoms with van der Waals surface area (Å²) >= 11 is 0. The Morgan fingerprint density at radius 2 is 2.05 bits per heavy atom. The minimum Gasteiger partial charge on any atom is -0.497 e. The Morgan fingerprint density at radius 1 is 1.25 bits per heavy atom. The summed E-state index contributed by atoms with van der Waals surface area (Å²) in [6.45, 7) is 0.862. The molecule has 4 nitrogen and oxygen atoms in total. The summed E-state index contributed by atoms with van der Waals surface area (Å²) in [5.41, 5.74) is 0.596.